The Hall–Kier alpha value is -0.630. The van der Waals surface area contributed by atoms with Gasteiger partial charge >= 0.3 is 0 Å². The van der Waals surface area contributed by atoms with Crippen LogP contribution in [-0.2, 0) is 0 Å². The summed E-state index contributed by atoms with van der Waals surface area (Å²) in [4.78, 5) is 0. The average molecular weight is 238 g/mol. The maximum absolute atomic E-state index is 13.3. The van der Waals surface area contributed by atoms with E-state index in [1.807, 2.05) is 13.8 Å². The lowest BCUT2D eigenvalue weighted by atomic mass is 10.3. The van der Waals surface area contributed by atoms with Crippen LogP contribution in [0.3, 0.4) is 0 Å². The van der Waals surface area contributed by atoms with E-state index in [4.69, 9.17) is 0 Å². The molecule has 0 saturated carbocycles. The Bertz CT molecular complexity index is 361. The van der Waals surface area contributed by atoms with Gasteiger partial charge < -0.3 is 0 Å². The largest absolute Gasteiger partial charge is 0.204 e. The molecule has 0 fully saturated rings. The molecule has 1 aromatic carbocycles. The molecule has 0 unspecified atom stereocenters. The number of hydrogen-bond acceptors (Lipinski definition) is 0. The van der Waals surface area contributed by atoms with Crippen LogP contribution in [0.2, 0.25) is 0 Å². The lowest BCUT2D eigenvalue weighted by molar-refractivity contribution is 0.412. The Labute approximate surface area is 87.1 Å². The van der Waals surface area contributed by atoms with Gasteiger partial charge in [0.1, 0.15) is 0 Å². The normalized spacial score (nSPS) is 11.1. The molecule has 0 N–H and O–H groups in total. The maximum Gasteiger partial charge on any atom is 0.198 e. The third-order valence-electron chi connectivity index (χ3n) is 2.19. The van der Waals surface area contributed by atoms with Crippen LogP contribution >= 0.6 is 7.92 Å². The molecular weight excluding hydrogens is 227 g/mol. The summed E-state index contributed by atoms with van der Waals surface area (Å²) >= 11 is 0. The lowest BCUT2D eigenvalue weighted by Gasteiger charge is -2.15. The molecule has 0 aliphatic rings. The van der Waals surface area contributed by atoms with Crippen LogP contribution in [0.1, 0.15) is 13.8 Å². The summed E-state index contributed by atoms with van der Waals surface area (Å²) in [6.45, 7) is 3.63. The standard InChI is InChI=1S/C10H11F4P/c1-3-15(4-2)7-5-6(11)8(12)10(14)9(7)13/h5H,3-4H2,1-2H3. The fourth-order valence-electron chi connectivity index (χ4n) is 1.35. The molecule has 0 aromatic heterocycles. The minimum absolute atomic E-state index is 0.0219. The Balaban J connectivity index is 3.31. The predicted octanol–water partition coefficient (Wildman–Crippen LogP) is 3.39. The number of halogens is 4. The first-order valence-electron chi connectivity index (χ1n) is 4.60. The van der Waals surface area contributed by atoms with Gasteiger partial charge in [-0.05, 0) is 18.4 Å². The van der Waals surface area contributed by atoms with E-state index in [2.05, 4.69) is 0 Å². The number of rotatable bonds is 3. The fraction of sp³-hybridized carbons (Fsp3) is 0.400. The van der Waals surface area contributed by atoms with Crippen LogP contribution in [-0.4, -0.2) is 12.3 Å². The Kier molecular flexibility index (Phi) is 4.09. The van der Waals surface area contributed by atoms with Crippen molar-refractivity contribution in [1.29, 1.82) is 0 Å². The maximum atomic E-state index is 13.3. The van der Waals surface area contributed by atoms with Gasteiger partial charge in [0.2, 0.25) is 0 Å². The van der Waals surface area contributed by atoms with Gasteiger partial charge in [0.05, 0.1) is 0 Å². The summed E-state index contributed by atoms with van der Waals surface area (Å²) in [7, 11) is -0.939. The predicted molar refractivity (Wildman–Crippen MR) is 53.9 cm³/mol. The minimum atomic E-state index is -1.74. The van der Waals surface area contributed by atoms with Gasteiger partial charge in [-0.1, -0.05) is 21.8 Å². The minimum Gasteiger partial charge on any atom is -0.204 e. The summed E-state index contributed by atoms with van der Waals surface area (Å²) in [5, 5.41) is -0.0219. The van der Waals surface area contributed by atoms with Crippen molar-refractivity contribution in [2.75, 3.05) is 12.3 Å². The highest BCUT2D eigenvalue weighted by molar-refractivity contribution is 7.65. The topological polar surface area (TPSA) is 0 Å². The van der Waals surface area contributed by atoms with Gasteiger partial charge in [-0.2, -0.15) is 0 Å². The van der Waals surface area contributed by atoms with E-state index in [0.717, 1.165) is 6.07 Å². The molecule has 0 radical (unpaired) electrons. The highest BCUT2D eigenvalue weighted by atomic mass is 31.1. The zero-order valence-corrected chi connectivity index (χ0v) is 9.35. The molecule has 0 heterocycles. The van der Waals surface area contributed by atoms with Crippen molar-refractivity contribution in [3.63, 3.8) is 0 Å². The molecule has 15 heavy (non-hydrogen) atoms. The molecule has 0 nitrogen and oxygen atoms in total. The van der Waals surface area contributed by atoms with Crippen molar-refractivity contribution < 1.29 is 17.6 Å². The quantitative estimate of drug-likeness (QED) is 0.327. The molecule has 0 aliphatic heterocycles. The van der Waals surface area contributed by atoms with Gasteiger partial charge in [0.15, 0.2) is 23.3 Å². The first-order valence-corrected chi connectivity index (χ1v) is 6.32. The second-order valence-corrected chi connectivity index (χ2v) is 5.82. The van der Waals surface area contributed by atoms with E-state index in [9.17, 15) is 17.6 Å². The zero-order valence-electron chi connectivity index (χ0n) is 8.45. The lowest BCUT2D eigenvalue weighted by Crippen LogP contribution is -2.15. The molecule has 0 spiro atoms. The van der Waals surface area contributed by atoms with E-state index >= 15 is 0 Å². The first kappa shape index (κ1) is 12.4. The van der Waals surface area contributed by atoms with Gasteiger partial charge in [-0.15, -0.1) is 0 Å². The third kappa shape index (κ3) is 2.31. The van der Waals surface area contributed by atoms with Crippen LogP contribution < -0.4 is 5.30 Å². The first-order chi connectivity index (χ1) is 7.02. The SMILES string of the molecule is CCP(CC)c1cc(F)c(F)c(F)c1F. The smallest absolute Gasteiger partial charge is 0.198 e. The van der Waals surface area contributed by atoms with Gasteiger partial charge in [0.25, 0.3) is 0 Å². The van der Waals surface area contributed by atoms with Crippen LogP contribution in [0.25, 0.3) is 0 Å². The molecule has 0 aliphatic carbocycles. The summed E-state index contributed by atoms with van der Waals surface area (Å²) in [5.41, 5.74) is 0. The van der Waals surface area contributed by atoms with E-state index in [1.54, 1.807) is 0 Å². The highest BCUT2D eigenvalue weighted by Crippen LogP contribution is 2.35. The number of benzene rings is 1. The molecule has 1 rings (SSSR count). The monoisotopic (exact) mass is 238 g/mol. The molecule has 0 saturated heterocycles. The summed E-state index contributed by atoms with van der Waals surface area (Å²) in [6.07, 6.45) is 1.24. The van der Waals surface area contributed by atoms with Crippen molar-refractivity contribution in [2.45, 2.75) is 13.8 Å². The van der Waals surface area contributed by atoms with Gasteiger partial charge in [-0.3, -0.25) is 0 Å². The second kappa shape index (κ2) is 4.93. The van der Waals surface area contributed by atoms with Crippen molar-refractivity contribution in [3.05, 3.63) is 29.3 Å². The Morgan fingerprint density at radius 2 is 1.47 bits per heavy atom. The third-order valence-corrected chi connectivity index (χ3v) is 4.72. The van der Waals surface area contributed by atoms with Gasteiger partial charge in [-0.25, -0.2) is 17.6 Å². The van der Waals surface area contributed by atoms with E-state index < -0.39 is 31.2 Å². The molecule has 0 bridgehead atoms. The summed E-state index contributed by atoms with van der Waals surface area (Å²) < 4.78 is 51.7. The van der Waals surface area contributed by atoms with E-state index in [-0.39, 0.29) is 5.30 Å². The van der Waals surface area contributed by atoms with E-state index in [1.165, 1.54) is 0 Å². The molecule has 5 heteroatoms. The van der Waals surface area contributed by atoms with Crippen LogP contribution in [0.5, 0.6) is 0 Å². The van der Waals surface area contributed by atoms with Crippen molar-refractivity contribution >= 4 is 13.2 Å². The number of hydrogen-bond donors (Lipinski definition) is 0. The molecule has 0 amide bonds. The van der Waals surface area contributed by atoms with Gasteiger partial charge in [0, 0.05) is 5.30 Å². The van der Waals surface area contributed by atoms with Crippen molar-refractivity contribution in [1.82, 2.24) is 0 Å². The molecule has 0 atom stereocenters. The fourth-order valence-corrected chi connectivity index (χ4v) is 3.16. The molecule has 1 aromatic rings. The van der Waals surface area contributed by atoms with E-state index in [0.29, 0.717) is 12.3 Å². The highest BCUT2D eigenvalue weighted by Gasteiger charge is 2.22. The molecular formula is C10H11F4P. The Morgan fingerprint density at radius 1 is 0.933 bits per heavy atom. The summed E-state index contributed by atoms with van der Waals surface area (Å²) in [5.74, 6) is -6.01. The van der Waals surface area contributed by atoms with Crippen molar-refractivity contribution in [3.8, 4) is 0 Å². The second-order valence-electron chi connectivity index (χ2n) is 2.99. The molecule has 84 valence electrons. The van der Waals surface area contributed by atoms with Crippen LogP contribution in [0.4, 0.5) is 17.6 Å². The Morgan fingerprint density at radius 3 is 1.93 bits per heavy atom. The summed E-state index contributed by atoms with van der Waals surface area (Å²) in [6, 6.07) is 0.770. The average Bonchev–Trinajstić information content (AvgIpc) is 2.24. The van der Waals surface area contributed by atoms with Crippen LogP contribution in [0, 0.1) is 23.3 Å². The van der Waals surface area contributed by atoms with Crippen LogP contribution in [0.15, 0.2) is 6.07 Å². The van der Waals surface area contributed by atoms with Crippen molar-refractivity contribution in [2.24, 2.45) is 0 Å². The zero-order chi connectivity index (χ0) is 11.6.